The smallest absolute Gasteiger partial charge is 0.407 e. The third-order valence-electron chi connectivity index (χ3n) is 1.58. The summed E-state index contributed by atoms with van der Waals surface area (Å²) in [6.07, 6.45) is -1.24. The molecule has 0 saturated carbocycles. The minimum Gasteiger partial charge on any atom is -0.444 e. The molecular weight excluding hydrogens is 220 g/mol. The highest BCUT2D eigenvalue weighted by molar-refractivity contribution is 5.86. The van der Waals surface area contributed by atoms with Gasteiger partial charge < -0.3 is 10.1 Å². The molecule has 0 aromatic carbocycles. The van der Waals surface area contributed by atoms with Gasteiger partial charge in [-0.25, -0.2) is 4.79 Å². The fourth-order valence-corrected chi connectivity index (χ4v) is 0.855. The van der Waals surface area contributed by atoms with Gasteiger partial charge in [-0.2, -0.15) is 8.78 Å². The number of halogens is 2. The van der Waals surface area contributed by atoms with E-state index >= 15 is 0 Å². The number of alkyl halides is 2. The Morgan fingerprint density at radius 2 is 1.75 bits per heavy atom. The highest BCUT2D eigenvalue weighted by atomic mass is 19.3. The second kappa shape index (κ2) is 5.23. The molecule has 0 aliphatic heterocycles. The van der Waals surface area contributed by atoms with Crippen LogP contribution in [0.4, 0.5) is 13.6 Å². The van der Waals surface area contributed by atoms with E-state index < -0.39 is 29.9 Å². The second-order valence-corrected chi connectivity index (χ2v) is 4.34. The first-order chi connectivity index (χ1) is 7.08. The highest BCUT2D eigenvalue weighted by Gasteiger charge is 2.37. The zero-order chi connectivity index (χ0) is 13.0. The molecule has 0 aliphatic carbocycles. The van der Waals surface area contributed by atoms with E-state index in [1.807, 2.05) is 5.32 Å². The number of hydrogen-bond acceptors (Lipinski definition) is 3. The maximum absolute atomic E-state index is 13.0. The van der Waals surface area contributed by atoms with Crippen LogP contribution >= 0.6 is 0 Å². The second-order valence-electron chi connectivity index (χ2n) is 4.34. The lowest BCUT2D eigenvalue weighted by Gasteiger charge is -2.21. The molecule has 0 aromatic rings. The molecule has 16 heavy (non-hydrogen) atoms. The van der Waals surface area contributed by atoms with E-state index in [-0.39, 0.29) is 6.42 Å². The molecule has 0 heterocycles. The van der Waals surface area contributed by atoms with Crippen molar-refractivity contribution >= 4 is 11.9 Å². The topological polar surface area (TPSA) is 55.4 Å². The lowest BCUT2D eigenvalue weighted by Crippen LogP contribution is -2.43. The number of carbonyl (C=O) groups excluding carboxylic acids is 2. The highest BCUT2D eigenvalue weighted by Crippen LogP contribution is 2.15. The van der Waals surface area contributed by atoms with Crippen LogP contribution in [0.1, 0.15) is 34.1 Å². The van der Waals surface area contributed by atoms with Gasteiger partial charge in [0.15, 0.2) is 0 Å². The predicted octanol–water partition coefficient (Wildman–Crippen LogP) is 2.13. The Hall–Kier alpha value is -1.20. The first-order valence-corrected chi connectivity index (χ1v) is 4.96. The van der Waals surface area contributed by atoms with Crippen LogP contribution < -0.4 is 5.32 Å². The van der Waals surface area contributed by atoms with Crippen molar-refractivity contribution in [2.24, 2.45) is 0 Å². The summed E-state index contributed by atoms with van der Waals surface area (Å²) in [5.74, 6) is -4.74. The van der Waals surface area contributed by atoms with Crippen LogP contribution in [0, 0.1) is 0 Å². The monoisotopic (exact) mass is 237 g/mol. The van der Waals surface area contributed by atoms with E-state index in [1.165, 1.54) is 6.92 Å². The summed E-state index contributed by atoms with van der Waals surface area (Å²) in [5.41, 5.74) is -0.756. The lowest BCUT2D eigenvalue weighted by atomic mass is 10.2. The van der Waals surface area contributed by atoms with Crippen molar-refractivity contribution in [1.29, 1.82) is 0 Å². The average Bonchev–Trinajstić information content (AvgIpc) is 2.11. The van der Waals surface area contributed by atoms with Gasteiger partial charge in [-0.3, -0.25) is 4.79 Å². The molecule has 0 aromatic heterocycles. The zero-order valence-electron chi connectivity index (χ0n) is 9.89. The van der Waals surface area contributed by atoms with Gasteiger partial charge in [0.1, 0.15) is 5.60 Å². The van der Waals surface area contributed by atoms with Crippen molar-refractivity contribution in [2.75, 3.05) is 6.54 Å². The van der Waals surface area contributed by atoms with Crippen molar-refractivity contribution < 1.29 is 23.1 Å². The van der Waals surface area contributed by atoms with Crippen molar-refractivity contribution in [3.63, 3.8) is 0 Å². The first-order valence-electron chi connectivity index (χ1n) is 4.96. The van der Waals surface area contributed by atoms with Crippen LogP contribution in [0.2, 0.25) is 0 Å². The van der Waals surface area contributed by atoms with Crippen LogP contribution in [0.15, 0.2) is 0 Å². The number of nitrogens with one attached hydrogen (secondary N) is 1. The van der Waals surface area contributed by atoms with Crippen LogP contribution in [-0.4, -0.2) is 29.9 Å². The molecular formula is C10H17F2NO3. The summed E-state index contributed by atoms with van der Waals surface area (Å²) in [6, 6.07) is 0. The first kappa shape index (κ1) is 14.8. The van der Waals surface area contributed by atoms with E-state index in [9.17, 15) is 18.4 Å². The fourth-order valence-electron chi connectivity index (χ4n) is 0.855. The lowest BCUT2D eigenvalue weighted by molar-refractivity contribution is -0.141. The van der Waals surface area contributed by atoms with Crippen LogP contribution in [0.5, 0.6) is 0 Å². The SMILES string of the molecule is CCC(=O)C(F)(F)CNC(=O)OC(C)(C)C. The van der Waals surface area contributed by atoms with E-state index in [0.29, 0.717) is 0 Å². The predicted molar refractivity (Wildman–Crippen MR) is 54.5 cm³/mol. The number of hydrogen-bond donors (Lipinski definition) is 1. The van der Waals surface area contributed by atoms with Gasteiger partial charge in [0.2, 0.25) is 5.78 Å². The Morgan fingerprint density at radius 1 is 1.25 bits per heavy atom. The number of ether oxygens (including phenoxy) is 1. The molecule has 6 heteroatoms. The Kier molecular flexibility index (Phi) is 4.83. The quantitative estimate of drug-likeness (QED) is 0.814. The molecule has 1 amide bonds. The van der Waals surface area contributed by atoms with Gasteiger partial charge in [0.05, 0.1) is 6.54 Å². The average molecular weight is 237 g/mol. The van der Waals surface area contributed by atoms with Gasteiger partial charge in [-0.15, -0.1) is 0 Å². The van der Waals surface area contributed by atoms with Crippen molar-refractivity contribution in [3.05, 3.63) is 0 Å². The van der Waals surface area contributed by atoms with Gasteiger partial charge in [-0.1, -0.05) is 6.92 Å². The van der Waals surface area contributed by atoms with Crippen LogP contribution in [0.3, 0.4) is 0 Å². The van der Waals surface area contributed by atoms with Gasteiger partial charge >= 0.3 is 12.0 Å². The van der Waals surface area contributed by atoms with E-state index in [2.05, 4.69) is 0 Å². The number of carbonyl (C=O) groups is 2. The minimum atomic E-state index is -3.54. The number of amides is 1. The normalized spacial score (nSPS) is 12.1. The molecule has 0 atom stereocenters. The molecule has 4 nitrogen and oxygen atoms in total. The van der Waals surface area contributed by atoms with E-state index in [4.69, 9.17) is 4.74 Å². The number of alkyl carbamates (subject to hydrolysis) is 1. The molecule has 0 unspecified atom stereocenters. The van der Waals surface area contributed by atoms with E-state index in [1.54, 1.807) is 20.8 Å². The Balaban J connectivity index is 4.15. The van der Waals surface area contributed by atoms with Gasteiger partial charge in [0.25, 0.3) is 0 Å². The molecule has 0 aliphatic rings. The summed E-state index contributed by atoms with van der Waals surface area (Å²) in [7, 11) is 0. The third-order valence-corrected chi connectivity index (χ3v) is 1.58. The van der Waals surface area contributed by atoms with Crippen LogP contribution in [-0.2, 0) is 9.53 Å². The molecule has 1 N–H and O–H groups in total. The Bertz CT molecular complexity index is 272. The number of rotatable bonds is 4. The third kappa shape index (κ3) is 5.63. The minimum absolute atomic E-state index is 0.275. The summed E-state index contributed by atoms with van der Waals surface area (Å²) in [6.45, 7) is 5.14. The maximum atomic E-state index is 13.0. The fraction of sp³-hybridized carbons (Fsp3) is 0.800. The standard InChI is InChI=1S/C10H17F2NO3/c1-5-7(14)10(11,12)6-13-8(15)16-9(2,3)4/h5-6H2,1-4H3,(H,13,15). The van der Waals surface area contributed by atoms with Crippen molar-refractivity contribution in [1.82, 2.24) is 5.32 Å². The summed E-state index contributed by atoms with van der Waals surface area (Å²) in [4.78, 5) is 21.8. The molecule has 0 fully saturated rings. The molecule has 0 radical (unpaired) electrons. The summed E-state index contributed by atoms with van der Waals surface area (Å²) in [5, 5.41) is 1.86. The number of ketones is 1. The molecule has 0 spiro atoms. The Labute approximate surface area is 93.3 Å². The summed E-state index contributed by atoms with van der Waals surface area (Å²) >= 11 is 0. The molecule has 0 saturated heterocycles. The molecule has 94 valence electrons. The van der Waals surface area contributed by atoms with Gasteiger partial charge in [0, 0.05) is 6.42 Å². The molecule has 0 rings (SSSR count). The Morgan fingerprint density at radius 3 is 2.12 bits per heavy atom. The van der Waals surface area contributed by atoms with Crippen molar-refractivity contribution in [2.45, 2.75) is 45.6 Å². The molecule has 0 bridgehead atoms. The zero-order valence-corrected chi connectivity index (χ0v) is 9.89. The van der Waals surface area contributed by atoms with Gasteiger partial charge in [-0.05, 0) is 20.8 Å². The maximum Gasteiger partial charge on any atom is 0.407 e. The largest absolute Gasteiger partial charge is 0.444 e. The van der Waals surface area contributed by atoms with Crippen LogP contribution in [0.25, 0.3) is 0 Å². The van der Waals surface area contributed by atoms with Crippen molar-refractivity contribution in [3.8, 4) is 0 Å². The van der Waals surface area contributed by atoms with E-state index in [0.717, 1.165) is 0 Å². The number of Topliss-reactive ketones (excluding diaryl/α,β-unsaturated/α-hetero) is 1. The summed E-state index contributed by atoms with van der Waals surface area (Å²) < 4.78 is 30.7.